The van der Waals surface area contributed by atoms with Crippen LogP contribution in [-0.2, 0) is 0 Å². The Kier molecular flexibility index (Phi) is 8.46. The fourth-order valence-electron chi connectivity index (χ4n) is 5.58. The molecule has 0 atom stereocenters. The van der Waals surface area contributed by atoms with E-state index in [2.05, 4.69) is 25.1 Å². The molecule has 0 aromatic heterocycles. The van der Waals surface area contributed by atoms with Crippen molar-refractivity contribution in [1.29, 1.82) is 5.26 Å². The van der Waals surface area contributed by atoms with Crippen molar-refractivity contribution in [2.24, 2.45) is 11.8 Å². The first-order chi connectivity index (χ1) is 13.3. The van der Waals surface area contributed by atoms with Crippen LogP contribution in [0, 0.1) is 23.2 Å². The van der Waals surface area contributed by atoms with E-state index in [1.54, 1.807) is 31.0 Å². The molecule has 0 radical (unpaired) electrons. The number of hydrogen-bond donors (Lipinski definition) is 0. The topological polar surface area (TPSA) is 23.8 Å². The van der Waals surface area contributed by atoms with Crippen LogP contribution >= 0.6 is 0 Å². The van der Waals surface area contributed by atoms with Crippen LogP contribution in [-0.4, -0.2) is 8.80 Å². The maximum absolute atomic E-state index is 8.96. The molecule has 27 heavy (non-hydrogen) atoms. The average Bonchev–Trinajstić information content (AvgIpc) is 2.74. The molecule has 0 N–H and O–H groups in total. The zero-order valence-corrected chi connectivity index (χ0v) is 18.6. The second-order valence-electron chi connectivity index (χ2n) is 9.41. The summed E-state index contributed by atoms with van der Waals surface area (Å²) in [6, 6.07) is 15.5. The highest BCUT2D eigenvalue weighted by Crippen LogP contribution is 2.39. The molecule has 1 aliphatic carbocycles. The van der Waals surface area contributed by atoms with E-state index in [1.807, 2.05) is 12.1 Å². The first kappa shape index (κ1) is 20.7. The highest BCUT2D eigenvalue weighted by Gasteiger charge is 2.25. The Balaban J connectivity index is 1.31. The minimum Gasteiger partial charge on any atom is -0.192 e. The van der Waals surface area contributed by atoms with E-state index < -0.39 is 0 Å². The number of nitriles is 1. The molecule has 0 bridgehead atoms. The van der Waals surface area contributed by atoms with Crippen LogP contribution in [0.4, 0.5) is 0 Å². The predicted octanol–water partition coefficient (Wildman–Crippen LogP) is 7.44. The Morgan fingerprint density at radius 1 is 0.889 bits per heavy atom. The molecule has 2 heteroatoms. The van der Waals surface area contributed by atoms with Gasteiger partial charge in [-0.3, -0.25) is 0 Å². The van der Waals surface area contributed by atoms with E-state index in [4.69, 9.17) is 5.26 Å². The molecule has 0 amide bonds. The smallest absolute Gasteiger partial charge is 0.0991 e. The van der Waals surface area contributed by atoms with Gasteiger partial charge in [0.25, 0.3) is 0 Å². The van der Waals surface area contributed by atoms with Crippen LogP contribution in [0.2, 0.25) is 18.1 Å². The van der Waals surface area contributed by atoms with E-state index in [0.29, 0.717) is 0 Å². The monoisotopic (exact) mass is 381 g/mol. The number of hydrogen-bond acceptors (Lipinski definition) is 1. The van der Waals surface area contributed by atoms with Crippen LogP contribution in [0.3, 0.4) is 0 Å². The lowest BCUT2D eigenvalue weighted by atomic mass is 9.76. The van der Waals surface area contributed by atoms with Gasteiger partial charge in [0.1, 0.15) is 0 Å². The van der Waals surface area contributed by atoms with Gasteiger partial charge in [-0.2, -0.15) is 5.26 Å². The van der Waals surface area contributed by atoms with E-state index in [1.165, 1.54) is 63.4 Å². The van der Waals surface area contributed by atoms with Crippen molar-refractivity contribution in [3.05, 3.63) is 35.4 Å². The SMILES string of the molecule is CCCCC[Si@H]1CC[C@H](CC[C@H]2CC[C@H](c3ccc(C#N)cc3)CC2)CC1. The molecule has 148 valence electrons. The van der Waals surface area contributed by atoms with Gasteiger partial charge in [-0.25, -0.2) is 0 Å². The Labute approximate surface area is 169 Å². The fourth-order valence-corrected chi connectivity index (χ4v) is 9.20. The van der Waals surface area contributed by atoms with E-state index in [9.17, 15) is 0 Å². The zero-order chi connectivity index (χ0) is 18.9. The summed E-state index contributed by atoms with van der Waals surface area (Å²) in [5.41, 5.74) is 2.24. The largest absolute Gasteiger partial charge is 0.192 e. The molecular formula is C25H39NSi. The third kappa shape index (κ3) is 6.49. The molecule has 0 spiro atoms. The van der Waals surface area contributed by atoms with Crippen molar-refractivity contribution >= 4 is 8.80 Å². The summed E-state index contributed by atoms with van der Waals surface area (Å²) in [7, 11) is -0.325. The molecule has 2 fully saturated rings. The van der Waals surface area contributed by atoms with Crippen LogP contribution < -0.4 is 0 Å². The third-order valence-corrected chi connectivity index (χ3v) is 11.0. The molecule has 0 unspecified atom stereocenters. The number of rotatable bonds is 8. The minimum absolute atomic E-state index is 0.325. The molecule has 1 heterocycles. The van der Waals surface area contributed by atoms with E-state index in [0.717, 1.165) is 23.3 Å². The second-order valence-corrected chi connectivity index (χ2v) is 12.9. The van der Waals surface area contributed by atoms with Gasteiger partial charge in [0.2, 0.25) is 0 Å². The molecule has 1 aromatic carbocycles. The van der Waals surface area contributed by atoms with Crippen molar-refractivity contribution in [2.45, 2.75) is 102 Å². The lowest BCUT2D eigenvalue weighted by Gasteiger charge is -2.32. The van der Waals surface area contributed by atoms with Gasteiger partial charge in [0.05, 0.1) is 11.6 Å². The van der Waals surface area contributed by atoms with Gasteiger partial charge in [-0.15, -0.1) is 0 Å². The number of unbranched alkanes of at least 4 members (excludes halogenated alkanes) is 2. The van der Waals surface area contributed by atoms with Crippen molar-refractivity contribution in [1.82, 2.24) is 0 Å². The molecule has 1 aromatic rings. The number of benzene rings is 1. The summed E-state index contributed by atoms with van der Waals surface area (Å²) in [4.78, 5) is 0. The van der Waals surface area contributed by atoms with Gasteiger partial charge < -0.3 is 0 Å². The Morgan fingerprint density at radius 3 is 2.11 bits per heavy atom. The molecule has 1 nitrogen and oxygen atoms in total. The van der Waals surface area contributed by atoms with Crippen molar-refractivity contribution in [3.63, 3.8) is 0 Å². The summed E-state index contributed by atoms with van der Waals surface area (Å²) in [5.74, 6) is 2.79. The van der Waals surface area contributed by atoms with Gasteiger partial charge in [0, 0.05) is 8.80 Å². The van der Waals surface area contributed by atoms with Crippen molar-refractivity contribution < 1.29 is 0 Å². The molecule has 2 aliphatic rings. The normalized spacial score (nSPS) is 28.6. The highest BCUT2D eigenvalue weighted by molar-refractivity contribution is 6.58. The van der Waals surface area contributed by atoms with Gasteiger partial charge in [-0.05, 0) is 61.1 Å². The molecule has 1 saturated heterocycles. The minimum atomic E-state index is -0.325. The Morgan fingerprint density at radius 2 is 1.52 bits per heavy atom. The molecular weight excluding hydrogens is 342 g/mol. The summed E-state index contributed by atoms with van der Waals surface area (Å²) < 4.78 is 0. The Bertz CT molecular complexity index is 571. The average molecular weight is 382 g/mol. The summed E-state index contributed by atoms with van der Waals surface area (Å²) >= 11 is 0. The summed E-state index contributed by atoms with van der Waals surface area (Å²) in [6.45, 7) is 2.33. The van der Waals surface area contributed by atoms with Gasteiger partial charge >= 0.3 is 0 Å². The highest BCUT2D eigenvalue weighted by atomic mass is 28.3. The fraction of sp³-hybridized carbons (Fsp3) is 0.720. The molecule has 1 aliphatic heterocycles. The van der Waals surface area contributed by atoms with Crippen LogP contribution in [0.25, 0.3) is 0 Å². The quantitative estimate of drug-likeness (QED) is 0.339. The summed E-state index contributed by atoms with van der Waals surface area (Å²) in [6.07, 6.45) is 16.1. The Hall–Kier alpha value is -1.07. The second kappa shape index (κ2) is 11.1. The van der Waals surface area contributed by atoms with E-state index >= 15 is 0 Å². The standard InChI is InChI=1S/C25H39NSi/c1-2-3-4-17-27-18-15-22(16-19-27)6-5-21-7-11-24(12-8-21)25-13-9-23(20-26)10-14-25/h9-10,13-14,21-22,24,27H,2-8,11-12,15-19H2,1H3/t21-,22-,24-,27-. The number of nitrogens with zero attached hydrogens (tertiary/aromatic N) is 1. The molecule has 1 saturated carbocycles. The van der Waals surface area contributed by atoms with E-state index in [-0.39, 0.29) is 8.80 Å². The van der Waals surface area contributed by atoms with Gasteiger partial charge in [-0.1, -0.05) is 82.1 Å². The maximum atomic E-state index is 8.96. The van der Waals surface area contributed by atoms with Crippen LogP contribution in [0.1, 0.15) is 94.6 Å². The molecule has 3 rings (SSSR count). The third-order valence-electron chi connectivity index (χ3n) is 7.52. The van der Waals surface area contributed by atoms with Crippen LogP contribution in [0.15, 0.2) is 24.3 Å². The van der Waals surface area contributed by atoms with Crippen LogP contribution in [0.5, 0.6) is 0 Å². The van der Waals surface area contributed by atoms with Crippen molar-refractivity contribution in [3.8, 4) is 6.07 Å². The van der Waals surface area contributed by atoms with Gasteiger partial charge in [0.15, 0.2) is 0 Å². The first-order valence-corrected chi connectivity index (χ1v) is 14.2. The lowest BCUT2D eigenvalue weighted by molar-refractivity contribution is 0.280. The lowest BCUT2D eigenvalue weighted by Crippen LogP contribution is -2.22. The summed E-state index contributed by atoms with van der Waals surface area (Å²) in [5, 5.41) is 8.96. The predicted molar refractivity (Wildman–Crippen MR) is 119 cm³/mol. The zero-order valence-electron chi connectivity index (χ0n) is 17.5. The maximum Gasteiger partial charge on any atom is 0.0991 e. The van der Waals surface area contributed by atoms with Crippen molar-refractivity contribution in [2.75, 3.05) is 0 Å². The first-order valence-electron chi connectivity index (χ1n) is 11.8.